The maximum Gasteiger partial charge on any atom is 2.00 e. The van der Waals surface area contributed by atoms with E-state index >= 15 is 0 Å². The van der Waals surface area contributed by atoms with Crippen LogP contribution in [0.4, 0.5) is 17.3 Å². The predicted molar refractivity (Wildman–Crippen MR) is 208 cm³/mol. The summed E-state index contributed by atoms with van der Waals surface area (Å²) >= 11 is 0. The number of aryl methyl sites for hydroxylation is 2. The van der Waals surface area contributed by atoms with E-state index in [-0.39, 0.29) is 26.5 Å². The summed E-state index contributed by atoms with van der Waals surface area (Å²) in [7, 11) is 0. The van der Waals surface area contributed by atoms with Crippen LogP contribution < -0.4 is 4.90 Å². The molecule has 0 radical (unpaired) electrons. The molecule has 0 saturated heterocycles. The molecule has 5 aromatic carbocycles. The van der Waals surface area contributed by atoms with E-state index in [0.29, 0.717) is 0 Å². The molecular weight excluding hydrogens is 804 g/mol. The van der Waals surface area contributed by atoms with E-state index in [4.69, 9.17) is 9.97 Å². The number of benzene rings is 5. The number of para-hydroxylation sites is 3. The topological polar surface area (TPSA) is 33.4 Å². The van der Waals surface area contributed by atoms with E-state index in [1.165, 1.54) is 38.1 Å². The molecule has 9 rings (SSSR count). The van der Waals surface area contributed by atoms with Crippen LogP contribution in [-0.2, 0) is 26.5 Å². The second-order valence-corrected chi connectivity index (χ2v) is 14.3. The smallest absolute Gasteiger partial charge is 0.327 e. The van der Waals surface area contributed by atoms with Gasteiger partial charge in [-0.1, -0.05) is 105 Å². The predicted octanol–water partition coefficient (Wildman–Crippen LogP) is 11.9. The molecule has 0 aliphatic carbocycles. The van der Waals surface area contributed by atoms with Crippen LogP contribution in [0.5, 0.6) is 0 Å². The maximum atomic E-state index is 5.34. The van der Waals surface area contributed by atoms with Crippen molar-refractivity contribution < 1.29 is 21.1 Å². The molecule has 250 valence electrons. The van der Waals surface area contributed by atoms with Crippen molar-refractivity contribution in [2.24, 2.45) is 0 Å². The summed E-state index contributed by atoms with van der Waals surface area (Å²) in [5.41, 5.74) is 11.9. The van der Waals surface area contributed by atoms with Crippen LogP contribution in [0.2, 0.25) is 0 Å². The second-order valence-electron chi connectivity index (χ2n) is 14.3. The summed E-state index contributed by atoms with van der Waals surface area (Å²) in [6.45, 7) is 11.0. The summed E-state index contributed by atoms with van der Waals surface area (Å²) in [6.07, 6.45) is 0. The molecular formula is C46H36N4Pt. The van der Waals surface area contributed by atoms with Crippen molar-refractivity contribution >= 4 is 55.4 Å². The third-order valence-electron chi connectivity index (χ3n) is 9.96. The average Bonchev–Trinajstić information content (AvgIpc) is 3.65. The maximum absolute atomic E-state index is 5.34. The van der Waals surface area contributed by atoms with E-state index in [2.05, 4.69) is 177 Å². The normalized spacial score (nSPS) is 11.9. The molecule has 51 heavy (non-hydrogen) atoms. The zero-order valence-electron chi connectivity index (χ0n) is 29.2. The molecule has 0 atom stereocenters. The second kappa shape index (κ2) is 12.5. The largest absolute Gasteiger partial charge is 2.00 e. The molecule has 0 unspecified atom stereocenters. The molecule has 0 saturated carbocycles. The van der Waals surface area contributed by atoms with Gasteiger partial charge in [-0.25, -0.2) is 0 Å². The molecule has 9 aromatic rings. The van der Waals surface area contributed by atoms with Crippen molar-refractivity contribution in [3.05, 3.63) is 156 Å². The Labute approximate surface area is 313 Å². The van der Waals surface area contributed by atoms with Gasteiger partial charge >= 0.3 is 21.1 Å². The van der Waals surface area contributed by atoms with Crippen LogP contribution >= 0.6 is 0 Å². The summed E-state index contributed by atoms with van der Waals surface area (Å²) in [5, 5.41) is 4.99. The van der Waals surface area contributed by atoms with Crippen molar-refractivity contribution in [3.63, 3.8) is 0 Å². The van der Waals surface area contributed by atoms with E-state index in [0.717, 1.165) is 56.5 Å². The van der Waals surface area contributed by atoms with Gasteiger partial charge in [0.1, 0.15) is 11.6 Å². The molecule has 0 bridgehead atoms. The standard InChI is InChI=1S/C46H36N4.Pt/c1-29-13-8-14-30(2)44(29)50(42-23-11-20-38(47-42)31-15-9-16-33(27-31)46(3,4)5)43-24-12-21-39(48-43)32-25-26-35-37-19-10-18-36-34-17-6-7-22-40(34)49(45(36)37)41(35)28-32;/h6-14,16-24,26-28H,1-5H3;/q-2;+2. The minimum Gasteiger partial charge on any atom is -0.327 e. The van der Waals surface area contributed by atoms with Crippen molar-refractivity contribution in [1.29, 1.82) is 0 Å². The molecule has 4 heterocycles. The SMILES string of the molecule is Cc1cccc(C)c1N(c1cccc(-c2[c-]ccc(C(C)(C)C)c2)n1)c1cccc(-c2[c-]cc3c4cccc5c6ccccc6n(c3c2)c54)n1.[Pt+2]. The van der Waals surface area contributed by atoms with Gasteiger partial charge in [0.2, 0.25) is 0 Å². The molecule has 0 spiro atoms. The van der Waals surface area contributed by atoms with Gasteiger partial charge in [-0.05, 0) is 70.9 Å². The zero-order chi connectivity index (χ0) is 34.1. The fourth-order valence-corrected chi connectivity index (χ4v) is 7.50. The van der Waals surface area contributed by atoms with Crippen LogP contribution in [0.3, 0.4) is 0 Å². The summed E-state index contributed by atoms with van der Waals surface area (Å²) in [6, 6.07) is 51.9. The van der Waals surface area contributed by atoms with Gasteiger partial charge in [0, 0.05) is 10.8 Å². The van der Waals surface area contributed by atoms with Gasteiger partial charge in [-0.15, -0.1) is 59.2 Å². The van der Waals surface area contributed by atoms with Gasteiger partial charge in [0.25, 0.3) is 0 Å². The van der Waals surface area contributed by atoms with Gasteiger partial charge in [-0.2, -0.15) is 0 Å². The average molecular weight is 840 g/mol. The van der Waals surface area contributed by atoms with Gasteiger partial charge in [-0.3, -0.25) is 14.9 Å². The van der Waals surface area contributed by atoms with E-state index in [1.807, 2.05) is 6.07 Å². The first kappa shape index (κ1) is 32.9. The van der Waals surface area contributed by atoms with Crippen LogP contribution in [0, 0.1) is 26.0 Å². The minimum absolute atomic E-state index is 0. The first-order chi connectivity index (χ1) is 24.3. The van der Waals surface area contributed by atoms with Crippen molar-refractivity contribution in [1.82, 2.24) is 14.4 Å². The van der Waals surface area contributed by atoms with E-state index in [1.54, 1.807) is 0 Å². The van der Waals surface area contributed by atoms with Crippen molar-refractivity contribution in [2.75, 3.05) is 4.90 Å². The molecule has 0 fully saturated rings. The number of rotatable bonds is 5. The Balaban J connectivity index is 0.00000374. The third kappa shape index (κ3) is 5.41. The first-order valence-electron chi connectivity index (χ1n) is 17.2. The Bertz CT molecular complexity index is 2710. The fraction of sp³-hybridized carbons (Fsp3) is 0.130. The molecule has 4 nitrogen and oxygen atoms in total. The van der Waals surface area contributed by atoms with Crippen LogP contribution in [0.15, 0.2) is 127 Å². The van der Waals surface area contributed by atoms with Gasteiger partial charge < -0.3 is 4.40 Å². The molecule has 4 aromatic heterocycles. The number of nitrogens with zero attached hydrogens (tertiary/aromatic N) is 4. The Kier molecular flexibility index (Phi) is 8.04. The third-order valence-corrected chi connectivity index (χ3v) is 9.96. The number of fused-ring (bicyclic) bond motifs is 6. The van der Waals surface area contributed by atoms with Gasteiger partial charge in [0.15, 0.2) is 0 Å². The first-order valence-corrected chi connectivity index (χ1v) is 17.2. The minimum atomic E-state index is 0. The summed E-state index contributed by atoms with van der Waals surface area (Å²) < 4.78 is 2.40. The summed E-state index contributed by atoms with van der Waals surface area (Å²) in [4.78, 5) is 12.8. The Hall–Kier alpha value is -5.31. The van der Waals surface area contributed by atoms with E-state index in [9.17, 15) is 0 Å². The van der Waals surface area contributed by atoms with E-state index < -0.39 is 0 Å². The summed E-state index contributed by atoms with van der Waals surface area (Å²) in [5.74, 6) is 1.59. The quantitative estimate of drug-likeness (QED) is 0.162. The number of hydrogen-bond donors (Lipinski definition) is 0. The molecule has 5 heteroatoms. The Morgan fingerprint density at radius 2 is 1.18 bits per heavy atom. The van der Waals surface area contributed by atoms with Gasteiger partial charge in [0.05, 0.1) is 16.7 Å². The van der Waals surface area contributed by atoms with Crippen molar-refractivity contribution in [2.45, 2.75) is 40.0 Å². The number of anilines is 3. The molecule has 0 aliphatic rings. The van der Waals surface area contributed by atoms with Crippen LogP contribution in [0.25, 0.3) is 60.6 Å². The molecule has 0 amide bonds. The molecule has 0 aliphatic heterocycles. The Morgan fingerprint density at radius 3 is 1.86 bits per heavy atom. The molecule has 0 N–H and O–H groups in total. The zero-order valence-corrected chi connectivity index (χ0v) is 31.5. The number of aromatic nitrogens is 3. The van der Waals surface area contributed by atoms with Crippen LogP contribution in [-0.4, -0.2) is 14.4 Å². The van der Waals surface area contributed by atoms with Crippen molar-refractivity contribution in [3.8, 4) is 22.5 Å². The fourth-order valence-electron chi connectivity index (χ4n) is 7.50. The number of pyridine rings is 2. The Morgan fingerprint density at radius 1 is 0.588 bits per heavy atom. The van der Waals surface area contributed by atoms with Crippen LogP contribution in [0.1, 0.15) is 37.5 Å². The number of hydrogen-bond acceptors (Lipinski definition) is 3. The monoisotopic (exact) mass is 839 g/mol.